The fourth-order valence-corrected chi connectivity index (χ4v) is 1.49. The molecule has 0 atom stereocenters. The summed E-state index contributed by atoms with van der Waals surface area (Å²) in [4.78, 5) is 0. The summed E-state index contributed by atoms with van der Waals surface area (Å²) in [6.45, 7) is 4.03. The van der Waals surface area contributed by atoms with Gasteiger partial charge >= 0.3 is 0 Å². The van der Waals surface area contributed by atoms with Crippen LogP contribution in [0.2, 0.25) is 0 Å². The normalized spacial score (nSPS) is 10.4. The Hall–Kier alpha value is -1.77. The van der Waals surface area contributed by atoms with Crippen LogP contribution in [0.15, 0.2) is 30.5 Å². The maximum atomic E-state index is 5.92. The van der Waals surface area contributed by atoms with Gasteiger partial charge in [-0.15, -0.1) is 0 Å². The van der Waals surface area contributed by atoms with Crippen LogP contribution in [-0.2, 0) is 0 Å². The molecule has 0 spiro atoms. The molecule has 14 heavy (non-hydrogen) atoms. The number of nitrogens with two attached hydrogens (primary N) is 1. The lowest BCUT2D eigenvalue weighted by Crippen LogP contribution is -2.02. The lowest BCUT2D eigenvalue weighted by molar-refractivity contribution is 0.849. The number of rotatable bonds is 1. The standard InChI is InChI=1S/C11H13N3/c1-8-3-4-11(10(12)7-8)14-9(2)5-6-13-14/h3-7H,12H2,1-2H3. The van der Waals surface area contributed by atoms with Gasteiger partial charge in [0, 0.05) is 11.9 Å². The molecule has 0 radical (unpaired) electrons. The topological polar surface area (TPSA) is 43.8 Å². The molecule has 3 heteroatoms. The van der Waals surface area contributed by atoms with Crippen LogP contribution in [0.4, 0.5) is 5.69 Å². The zero-order valence-electron chi connectivity index (χ0n) is 8.36. The van der Waals surface area contributed by atoms with Crippen molar-refractivity contribution in [1.82, 2.24) is 9.78 Å². The van der Waals surface area contributed by atoms with Crippen molar-refractivity contribution in [1.29, 1.82) is 0 Å². The summed E-state index contributed by atoms with van der Waals surface area (Å²) in [5, 5.41) is 4.21. The molecule has 0 aliphatic heterocycles. The molecule has 0 saturated carbocycles. The molecule has 2 aromatic rings. The first-order chi connectivity index (χ1) is 6.68. The molecule has 0 aliphatic carbocycles. The van der Waals surface area contributed by atoms with E-state index in [1.165, 1.54) is 0 Å². The van der Waals surface area contributed by atoms with Crippen molar-refractivity contribution in [2.24, 2.45) is 0 Å². The SMILES string of the molecule is Cc1ccc(-n2nccc2C)c(N)c1. The number of nitrogen functional groups attached to an aromatic ring is 1. The number of hydrogen-bond acceptors (Lipinski definition) is 2. The lowest BCUT2D eigenvalue weighted by Gasteiger charge is -2.08. The van der Waals surface area contributed by atoms with Crippen molar-refractivity contribution in [3.05, 3.63) is 41.7 Å². The summed E-state index contributed by atoms with van der Waals surface area (Å²) in [6, 6.07) is 7.94. The number of hydrogen-bond donors (Lipinski definition) is 1. The third kappa shape index (κ3) is 1.37. The first-order valence-corrected chi connectivity index (χ1v) is 4.55. The Kier molecular flexibility index (Phi) is 2.00. The quantitative estimate of drug-likeness (QED) is 0.694. The predicted molar refractivity (Wildman–Crippen MR) is 57.5 cm³/mol. The minimum atomic E-state index is 0.761. The lowest BCUT2D eigenvalue weighted by atomic mass is 10.2. The van der Waals surface area contributed by atoms with Crippen molar-refractivity contribution in [3.63, 3.8) is 0 Å². The Morgan fingerprint density at radius 2 is 2.00 bits per heavy atom. The molecule has 72 valence electrons. The summed E-state index contributed by atoms with van der Waals surface area (Å²) in [5.74, 6) is 0. The molecule has 0 fully saturated rings. The fraction of sp³-hybridized carbons (Fsp3) is 0.182. The molecule has 0 saturated heterocycles. The fourth-order valence-electron chi connectivity index (χ4n) is 1.49. The zero-order valence-corrected chi connectivity index (χ0v) is 8.36. The Morgan fingerprint density at radius 3 is 2.57 bits per heavy atom. The smallest absolute Gasteiger partial charge is 0.0878 e. The molecule has 0 amide bonds. The van der Waals surface area contributed by atoms with Crippen molar-refractivity contribution >= 4 is 5.69 Å². The van der Waals surface area contributed by atoms with Gasteiger partial charge < -0.3 is 5.73 Å². The van der Waals surface area contributed by atoms with E-state index < -0.39 is 0 Å². The van der Waals surface area contributed by atoms with Crippen LogP contribution in [0.3, 0.4) is 0 Å². The maximum Gasteiger partial charge on any atom is 0.0878 e. The third-order valence-electron chi connectivity index (χ3n) is 2.24. The van der Waals surface area contributed by atoms with Gasteiger partial charge in [-0.3, -0.25) is 0 Å². The molecule has 3 nitrogen and oxygen atoms in total. The van der Waals surface area contributed by atoms with Crippen LogP contribution in [0, 0.1) is 13.8 Å². The molecule has 0 aliphatic rings. The molecule has 2 N–H and O–H groups in total. The van der Waals surface area contributed by atoms with Crippen LogP contribution in [-0.4, -0.2) is 9.78 Å². The van der Waals surface area contributed by atoms with Crippen LogP contribution >= 0.6 is 0 Å². The highest BCUT2D eigenvalue weighted by molar-refractivity contribution is 5.59. The van der Waals surface area contributed by atoms with Gasteiger partial charge in [0.15, 0.2) is 0 Å². The minimum absolute atomic E-state index is 0.761. The molecule has 1 heterocycles. The van der Waals surface area contributed by atoms with Gasteiger partial charge in [-0.05, 0) is 37.6 Å². The average molecular weight is 187 g/mol. The summed E-state index contributed by atoms with van der Waals surface area (Å²) in [6.07, 6.45) is 1.77. The van der Waals surface area contributed by atoms with Gasteiger partial charge in [0.25, 0.3) is 0 Å². The van der Waals surface area contributed by atoms with E-state index in [-0.39, 0.29) is 0 Å². The Bertz CT molecular complexity index is 457. The van der Waals surface area contributed by atoms with Crippen molar-refractivity contribution in [2.45, 2.75) is 13.8 Å². The number of nitrogens with zero attached hydrogens (tertiary/aromatic N) is 2. The van der Waals surface area contributed by atoms with Crippen LogP contribution in [0.1, 0.15) is 11.3 Å². The molecule has 1 aromatic carbocycles. The molecule has 0 unspecified atom stereocenters. The Morgan fingerprint density at radius 1 is 1.21 bits per heavy atom. The highest BCUT2D eigenvalue weighted by atomic mass is 15.3. The summed E-state index contributed by atoms with van der Waals surface area (Å²) in [5.41, 5.74) is 9.87. The van der Waals surface area contributed by atoms with Crippen LogP contribution in [0.5, 0.6) is 0 Å². The largest absolute Gasteiger partial charge is 0.397 e. The Balaban J connectivity index is 2.58. The van der Waals surface area contributed by atoms with Gasteiger partial charge in [0.05, 0.1) is 11.4 Å². The van der Waals surface area contributed by atoms with Crippen molar-refractivity contribution < 1.29 is 0 Å². The van der Waals surface area contributed by atoms with Gasteiger partial charge in [0.2, 0.25) is 0 Å². The number of aromatic nitrogens is 2. The van der Waals surface area contributed by atoms with E-state index in [0.29, 0.717) is 0 Å². The van der Waals surface area contributed by atoms with Gasteiger partial charge in [-0.25, -0.2) is 4.68 Å². The first kappa shape index (κ1) is 8.81. The molecule has 2 rings (SSSR count). The molecule has 1 aromatic heterocycles. The second kappa shape index (κ2) is 3.18. The predicted octanol–water partition coefficient (Wildman–Crippen LogP) is 2.07. The van der Waals surface area contributed by atoms with E-state index in [1.54, 1.807) is 6.20 Å². The molecule has 0 bridgehead atoms. The third-order valence-corrected chi connectivity index (χ3v) is 2.24. The van der Waals surface area contributed by atoms with E-state index in [1.807, 2.05) is 42.8 Å². The Labute approximate surface area is 83.2 Å². The summed E-state index contributed by atoms with van der Waals surface area (Å²) < 4.78 is 1.84. The highest BCUT2D eigenvalue weighted by Gasteiger charge is 2.04. The highest BCUT2D eigenvalue weighted by Crippen LogP contribution is 2.18. The average Bonchev–Trinajstić information content (AvgIpc) is 2.52. The van der Waals surface area contributed by atoms with Gasteiger partial charge in [-0.1, -0.05) is 6.07 Å². The monoisotopic (exact) mass is 187 g/mol. The van der Waals surface area contributed by atoms with E-state index in [4.69, 9.17) is 5.73 Å². The number of anilines is 1. The van der Waals surface area contributed by atoms with Crippen molar-refractivity contribution in [3.8, 4) is 5.69 Å². The van der Waals surface area contributed by atoms with E-state index in [9.17, 15) is 0 Å². The van der Waals surface area contributed by atoms with Crippen molar-refractivity contribution in [2.75, 3.05) is 5.73 Å². The van der Waals surface area contributed by atoms with Crippen LogP contribution in [0.25, 0.3) is 5.69 Å². The minimum Gasteiger partial charge on any atom is -0.397 e. The van der Waals surface area contributed by atoms with Crippen LogP contribution < -0.4 is 5.73 Å². The second-order valence-corrected chi connectivity index (χ2v) is 3.45. The molecular weight excluding hydrogens is 174 g/mol. The number of benzene rings is 1. The van der Waals surface area contributed by atoms with E-state index in [0.717, 1.165) is 22.6 Å². The van der Waals surface area contributed by atoms with Gasteiger partial charge in [0.1, 0.15) is 0 Å². The maximum absolute atomic E-state index is 5.92. The zero-order chi connectivity index (χ0) is 10.1. The summed E-state index contributed by atoms with van der Waals surface area (Å²) >= 11 is 0. The summed E-state index contributed by atoms with van der Waals surface area (Å²) in [7, 11) is 0. The first-order valence-electron chi connectivity index (χ1n) is 4.55. The van der Waals surface area contributed by atoms with E-state index >= 15 is 0 Å². The number of aryl methyl sites for hydroxylation is 2. The second-order valence-electron chi connectivity index (χ2n) is 3.45. The van der Waals surface area contributed by atoms with E-state index in [2.05, 4.69) is 5.10 Å². The van der Waals surface area contributed by atoms with Gasteiger partial charge in [-0.2, -0.15) is 5.10 Å². The molecular formula is C11H13N3.